The lowest BCUT2D eigenvalue weighted by Crippen LogP contribution is -1.76. The van der Waals surface area contributed by atoms with Gasteiger partial charge in [0.25, 0.3) is 0 Å². The van der Waals surface area contributed by atoms with Gasteiger partial charge in [-0.15, -0.1) is 0 Å². The summed E-state index contributed by atoms with van der Waals surface area (Å²) in [6.45, 7) is 10.7. The van der Waals surface area contributed by atoms with Crippen LogP contribution in [0.2, 0.25) is 0 Å². The van der Waals surface area contributed by atoms with Crippen LogP contribution in [0.25, 0.3) is 0 Å². The van der Waals surface area contributed by atoms with Crippen LogP contribution in [0.5, 0.6) is 0 Å². The van der Waals surface area contributed by atoms with Crippen LogP contribution < -0.4 is 0 Å². The Labute approximate surface area is 61.7 Å². The summed E-state index contributed by atoms with van der Waals surface area (Å²) >= 11 is 0. The molecule has 0 saturated heterocycles. The van der Waals surface area contributed by atoms with Gasteiger partial charge in [0.15, 0.2) is 0 Å². The smallest absolute Gasteiger partial charge is 0.149 e. The molecule has 0 N–H and O–H groups in total. The normalized spacial score (nSPS) is 9.40. The molecule has 0 radical (unpaired) electrons. The molecule has 10 heavy (non-hydrogen) atoms. The highest BCUT2D eigenvalue weighted by Crippen LogP contribution is 2.03. The third-order valence-electron chi connectivity index (χ3n) is 0.899. The number of rotatable bonds is 3. The second-order valence-corrected chi connectivity index (χ2v) is 2.00. The molecular formula is C8H12N2. The lowest BCUT2D eigenvalue weighted by molar-refractivity contribution is 1.16. The number of aliphatic imine (C=N–C) groups is 2. The summed E-state index contributed by atoms with van der Waals surface area (Å²) in [5.74, 6) is 0.667. The molecule has 0 aromatic carbocycles. The Morgan fingerprint density at radius 1 is 1.40 bits per heavy atom. The van der Waals surface area contributed by atoms with E-state index in [0.29, 0.717) is 5.82 Å². The third-order valence-corrected chi connectivity index (χ3v) is 0.899. The molecule has 0 aromatic rings. The van der Waals surface area contributed by atoms with Gasteiger partial charge in [-0.05, 0) is 26.1 Å². The Morgan fingerprint density at radius 2 is 2.00 bits per heavy atom. The average molecular weight is 136 g/mol. The second-order valence-electron chi connectivity index (χ2n) is 2.00. The van der Waals surface area contributed by atoms with E-state index in [1.165, 1.54) is 0 Å². The number of hydrogen-bond donors (Lipinski definition) is 0. The van der Waals surface area contributed by atoms with Crippen LogP contribution in [-0.4, -0.2) is 12.9 Å². The SMILES string of the molecule is C=C/C=N\C(N=C)=C(C)C. The summed E-state index contributed by atoms with van der Waals surface area (Å²) in [7, 11) is 0. The number of nitrogens with zero attached hydrogens (tertiary/aromatic N) is 2. The molecule has 0 heterocycles. The molecule has 0 aromatic heterocycles. The van der Waals surface area contributed by atoms with E-state index < -0.39 is 0 Å². The minimum atomic E-state index is 0.667. The molecule has 0 bridgehead atoms. The van der Waals surface area contributed by atoms with Crippen molar-refractivity contribution >= 4 is 12.9 Å². The van der Waals surface area contributed by atoms with Crippen molar-refractivity contribution in [1.29, 1.82) is 0 Å². The van der Waals surface area contributed by atoms with Crippen molar-refractivity contribution in [2.24, 2.45) is 9.98 Å². The van der Waals surface area contributed by atoms with Crippen molar-refractivity contribution in [3.05, 3.63) is 24.0 Å². The molecule has 0 aliphatic rings. The zero-order valence-corrected chi connectivity index (χ0v) is 6.46. The minimum Gasteiger partial charge on any atom is -0.245 e. The fourth-order valence-corrected chi connectivity index (χ4v) is 0.451. The van der Waals surface area contributed by atoms with E-state index >= 15 is 0 Å². The van der Waals surface area contributed by atoms with E-state index in [0.717, 1.165) is 5.57 Å². The summed E-state index contributed by atoms with van der Waals surface area (Å²) in [4.78, 5) is 7.68. The van der Waals surface area contributed by atoms with Gasteiger partial charge < -0.3 is 0 Å². The molecule has 54 valence electrons. The van der Waals surface area contributed by atoms with Crippen molar-refractivity contribution in [1.82, 2.24) is 0 Å². The largest absolute Gasteiger partial charge is 0.245 e. The molecule has 0 rings (SSSR count). The molecule has 0 fully saturated rings. The second kappa shape index (κ2) is 4.68. The predicted octanol–water partition coefficient (Wildman–Crippen LogP) is 2.20. The van der Waals surface area contributed by atoms with Crippen LogP contribution in [0.4, 0.5) is 0 Å². The molecule has 0 atom stereocenters. The first kappa shape index (κ1) is 8.82. The third kappa shape index (κ3) is 2.97. The maximum absolute atomic E-state index is 3.97. The number of hydrogen-bond acceptors (Lipinski definition) is 2. The quantitative estimate of drug-likeness (QED) is 0.531. The van der Waals surface area contributed by atoms with Gasteiger partial charge in [0.2, 0.25) is 0 Å². The fourth-order valence-electron chi connectivity index (χ4n) is 0.451. The molecule has 0 saturated carbocycles. The summed E-state index contributed by atoms with van der Waals surface area (Å²) < 4.78 is 0. The van der Waals surface area contributed by atoms with Gasteiger partial charge in [0.1, 0.15) is 5.82 Å². The summed E-state index contributed by atoms with van der Waals surface area (Å²) in [5, 5.41) is 0. The minimum absolute atomic E-state index is 0.667. The van der Waals surface area contributed by atoms with E-state index in [9.17, 15) is 0 Å². The zero-order chi connectivity index (χ0) is 7.98. The Bertz CT molecular complexity index is 183. The van der Waals surface area contributed by atoms with Gasteiger partial charge in [0.05, 0.1) is 0 Å². The zero-order valence-electron chi connectivity index (χ0n) is 6.46. The molecule has 0 spiro atoms. The summed E-state index contributed by atoms with van der Waals surface area (Å²) in [5.41, 5.74) is 1.05. The van der Waals surface area contributed by atoms with Gasteiger partial charge in [-0.3, -0.25) is 0 Å². The molecule has 0 aliphatic carbocycles. The first-order valence-corrected chi connectivity index (χ1v) is 3.01. The maximum Gasteiger partial charge on any atom is 0.149 e. The molecule has 0 aliphatic heterocycles. The van der Waals surface area contributed by atoms with Crippen LogP contribution in [0.1, 0.15) is 13.8 Å². The Morgan fingerprint density at radius 3 is 2.30 bits per heavy atom. The Kier molecular flexibility index (Phi) is 4.12. The Balaban J connectivity index is 4.38. The molecule has 0 amide bonds. The molecule has 2 nitrogen and oxygen atoms in total. The Hall–Kier alpha value is -1.18. The van der Waals surface area contributed by atoms with E-state index in [-0.39, 0.29) is 0 Å². The van der Waals surface area contributed by atoms with Gasteiger partial charge in [0, 0.05) is 6.21 Å². The van der Waals surface area contributed by atoms with Crippen LogP contribution in [0, 0.1) is 0 Å². The van der Waals surface area contributed by atoms with E-state index in [1.807, 2.05) is 13.8 Å². The highest BCUT2D eigenvalue weighted by molar-refractivity contribution is 5.71. The topological polar surface area (TPSA) is 24.7 Å². The maximum atomic E-state index is 3.97. The standard InChI is InChI=1S/C8H12N2/c1-5-6-10-8(9-4)7(2)3/h5-6H,1,4H2,2-3H3/b10-6-. The predicted molar refractivity (Wildman–Crippen MR) is 46.6 cm³/mol. The molecular weight excluding hydrogens is 124 g/mol. The molecule has 2 heteroatoms. The van der Waals surface area contributed by atoms with Crippen LogP contribution in [0.3, 0.4) is 0 Å². The summed E-state index contributed by atoms with van der Waals surface area (Å²) in [6.07, 6.45) is 3.20. The van der Waals surface area contributed by atoms with E-state index in [2.05, 4.69) is 23.3 Å². The van der Waals surface area contributed by atoms with E-state index in [1.54, 1.807) is 12.3 Å². The average Bonchev–Trinajstić information content (AvgIpc) is 1.89. The van der Waals surface area contributed by atoms with Gasteiger partial charge in [-0.25, -0.2) is 9.98 Å². The first-order valence-electron chi connectivity index (χ1n) is 3.01. The first-order chi connectivity index (χ1) is 4.72. The van der Waals surface area contributed by atoms with Crippen molar-refractivity contribution in [3.8, 4) is 0 Å². The monoisotopic (exact) mass is 136 g/mol. The van der Waals surface area contributed by atoms with Crippen molar-refractivity contribution in [2.75, 3.05) is 0 Å². The van der Waals surface area contributed by atoms with Gasteiger partial charge in [-0.2, -0.15) is 0 Å². The van der Waals surface area contributed by atoms with E-state index in [4.69, 9.17) is 0 Å². The van der Waals surface area contributed by atoms with Crippen LogP contribution in [0.15, 0.2) is 34.0 Å². The van der Waals surface area contributed by atoms with Crippen molar-refractivity contribution < 1.29 is 0 Å². The van der Waals surface area contributed by atoms with Crippen LogP contribution >= 0.6 is 0 Å². The lowest BCUT2D eigenvalue weighted by Gasteiger charge is -1.92. The lowest BCUT2D eigenvalue weighted by atomic mass is 10.3. The highest BCUT2D eigenvalue weighted by Gasteiger charge is 1.87. The van der Waals surface area contributed by atoms with Gasteiger partial charge >= 0.3 is 0 Å². The van der Waals surface area contributed by atoms with Crippen molar-refractivity contribution in [3.63, 3.8) is 0 Å². The number of allylic oxidation sites excluding steroid dienone is 2. The van der Waals surface area contributed by atoms with Crippen molar-refractivity contribution in [2.45, 2.75) is 13.8 Å². The molecule has 0 unspecified atom stereocenters. The fraction of sp³-hybridized carbons (Fsp3) is 0.250. The van der Waals surface area contributed by atoms with Gasteiger partial charge in [-0.1, -0.05) is 12.7 Å². The van der Waals surface area contributed by atoms with Crippen LogP contribution in [-0.2, 0) is 0 Å². The summed E-state index contributed by atoms with van der Waals surface area (Å²) in [6, 6.07) is 0. The highest BCUT2D eigenvalue weighted by atomic mass is 14.9.